The number of hydrogen-bond acceptors (Lipinski definition) is 4. The van der Waals surface area contributed by atoms with Crippen molar-refractivity contribution in [3.8, 4) is 0 Å². The van der Waals surface area contributed by atoms with Gasteiger partial charge in [0.25, 0.3) is 5.91 Å². The Morgan fingerprint density at radius 2 is 1.81 bits per heavy atom. The van der Waals surface area contributed by atoms with Gasteiger partial charge in [0.1, 0.15) is 5.82 Å². The molecule has 0 aliphatic carbocycles. The third-order valence-electron chi connectivity index (χ3n) is 4.50. The highest BCUT2D eigenvalue weighted by atomic mass is 19.1. The van der Waals surface area contributed by atoms with E-state index in [1.165, 1.54) is 24.3 Å². The summed E-state index contributed by atoms with van der Waals surface area (Å²) in [5, 5.41) is 9.60. The van der Waals surface area contributed by atoms with Crippen molar-refractivity contribution in [1.82, 2.24) is 10.2 Å². The maximum Gasteiger partial charge on any atom is 0.321 e. The maximum absolute atomic E-state index is 12.9. The second kappa shape index (κ2) is 9.89. The number of piperidine rings is 1. The predicted molar refractivity (Wildman–Crippen MR) is 102 cm³/mol. The topological polar surface area (TPSA) is 83.0 Å². The van der Waals surface area contributed by atoms with Crippen LogP contribution < -0.4 is 10.6 Å². The SMILES string of the molecule is CC(C)[C@H](C)NC(=O)CON=C1CCN(C(=O)Nc2ccc(F)cc2)CC1. The lowest BCUT2D eigenvalue weighted by Gasteiger charge is -2.27. The Labute approximate surface area is 158 Å². The highest BCUT2D eigenvalue weighted by molar-refractivity contribution is 5.92. The lowest BCUT2D eigenvalue weighted by atomic mass is 10.1. The Morgan fingerprint density at radius 1 is 1.19 bits per heavy atom. The minimum atomic E-state index is -0.348. The molecule has 148 valence electrons. The molecule has 0 aromatic heterocycles. The van der Waals surface area contributed by atoms with Gasteiger partial charge in [0, 0.05) is 37.7 Å². The first kappa shape index (κ1) is 20.7. The molecule has 1 aliphatic rings. The fourth-order valence-corrected chi connectivity index (χ4v) is 2.44. The van der Waals surface area contributed by atoms with Gasteiger partial charge in [0.15, 0.2) is 6.61 Å². The summed E-state index contributed by atoms with van der Waals surface area (Å²) in [4.78, 5) is 30.8. The zero-order valence-electron chi connectivity index (χ0n) is 16.0. The van der Waals surface area contributed by atoms with Gasteiger partial charge in [-0.25, -0.2) is 9.18 Å². The summed E-state index contributed by atoms with van der Waals surface area (Å²) in [6, 6.07) is 5.48. The van der Waals surface area contributed by atoms with Crippen LogP contribution in [0.4, 0.5) is 14.9 Å². The molecule has 1 aromatic rings. The number of amides is 3. The average molecular weight is 378 g/mol. The van der Waals surface area contributed by atoms with Crippen molar-refractivity contribution < 1.29 is 18.8 Å². The molecule has 0 saturated carbocycles. The van der Waals surface area contributed by atoms with E-state index in [0.29, 0.717) is 37.5 Å². The number of halogens is 1. The molecule has 7 nitrogen and oxygen atoms in total. The van der Waals surface area contributed by atoms with Gasteiger partial charge in [0.2, 0.25) is 0 Å². The number of carbonyl (C=O) groups excluding carboxylic acids is 2. The quantitative estimate of drug-likeness (QED) is 0.747. The number of nitrogens with zero attached hydrogens (tertiary/aromatic N) is 2. The van der Waals surface area contributed by atoms with Crippen LogP contribution in [-0.2, 0) is 9.63 Å². The van der Waals surface area contributed by atoms with Crippen LogP contribution in [-0.4, -0.2) is 48.3 Å². The third-order valence-corrected chi connectivity index (χ3v) is 4.50. The predicted octanol–water partition coefficient (Wildman–Crippen LogP) is 2.99. The molecule has 1 aliphatic heterocycles. The Kier molecular flexibility index (Phi) is 7.57. The molecule has 2 rings (SSSR count). The van der Waals surface area contributed by atoms with Gasteiger partial charge in [0.05, 0.1) is 5.71 Å². The first-order valence-corrected chi connectivity index (χ1v) is 9.13. The molecule has 8 heteroatoms. The Bertz CT molecular complexity index is 666. The molecule has 1 heterocycles. The summed E-state index contributed by atoms with van der Waals surface area (Å²) in [6.07, 6.45) is 1.17. The lowest BCUT2D eigenvalue weighted by molar-refractivity contribution is -0.126. The van der Waals surface area contributed by atoms with Gasteiger partial charge in [-0.2, -0.15) is 0 Å². The highest BCUT2D eigenvalue weighted by Gasteiger charge is 2.20. The molecule has 1 atom stereocenters. The summed E-state index contributed by atoms with van der Waals surface area (Å²) in [5.74, 6) is -0.193. The molecule has 1 fully saturated rings. The Morgan fingerprint density at radius 3 is 2.41 bits per heavy atom. The van der Waals surface area contributed by atoms with Gasteiger partial charge in [-0.3, -0.25) is 4.79 Å². The fourth-order valence-electron chi connectivity index (χ4n) is 2.44. The third kappa shape index (κ3) is 6.88. The van der Waals surface area contributed by atoms with E-state index >= 15 is 0 Å². The number of nitrogens with one attached hydrogen (secondary N) is 2. The first-order valence-electron chi connectivity index (χ1n) is 9.13. The number of oxime groups is 1. The monoisotopic (exact) mass is 378 g/mol. The number of hydrogen-bond donors (Lipinski definition) is 2. The summed E-state index contributed by atoms with van der Waals surface area (Å²) < 4.78 is 12.9. The number of carbonyl (C=O) groups is 2. The molecule has 1 saturated heterocycles. The second-order valence-corrected chi connectivity index (χ2v) is 6.96. The smallest absolute Gasteiger partial charge is 0.321 e. The second-order valence-electron chi connectivity index (χ2n) is 6.96. The van der Waals surface area contributed by atoms with E-state index in [0.717, 1.165) is 5.71 Å². The van der Waals surface area contributed by atoms with Crippen molar-refractivity contribution in [1.29, 1.82) is 0 Å². The maximum atomic E-state index is 12.9. The van der Waals surface area contributed by atoms with Crippen molar-refractivity contribution >= 4 is 23.3 Å². The van der Waals surface area contributed by atoms with Crippen LogP contribution in [0.5, 0.6) is 0 Å². The number of anilines is 1. The van der Waals surface area contributed by atoms with E-state index in [1.54, 1.807) is 4.90 Å². The first-order chi connectivity index (χ1) is 12.8. The van der Waals surface area contributed by atoms with Crippen molar-refractivity contribution in [2.45, 2.75) is 39.7 Å². The summed E-state index contributed by atoms with van der Waals surface area (Å²) in [5.41, 5.74) is 1.37. The lowest BCUT2D eigenvalue weighted by Crippen LogP contribution is -2.41. The van der Waals surface area contributed by atoms with Gasteiger partial charge >= 0.3 is 6.03 Å². The molecule has 0 unspecified atom stereocenters. The van der Waals surface area contributed by atoms with Gasteiger partial charge in [-0.05, 0) is 37.1 Å². The largest absolute Gasteiger partial charge is 0.386 e. The van der Waals surface area contributed by atoms with Gasteiger partial charge in [-0.1, -0.05) is 19.0 Å². The normalized spacial score (nSPS) is 15.3. The van der Waals surface area contributed by atoms with E-state index in [9.17, 15) is 14.0 Å². The van der Waals surface area contributed by atoms with Gasteiger partial charge < -0.3 is 20.4 Å². The van der Waals surface area contributed by atoms with Crippen LogP contribution in [0.2, 0.25) is 0 Å². The van der Waals surface area contributed by atoms with Crippen LogP contribution in [0.15, 0.2) is 29.4 Å². The van der Waals surface area contributed by atoms with E-state index in [2.05, 4.69) is 15.8 Å². The average Bonchev–Trinajstić information content (AvgIpc) is 2.64. The van der Waals surface area contributed by atoms with Crippen molar-refractivity contribution in [3.05, 3.63) is 30.1 Å². The Hall–Kier alpha value is -2.64. The molecular formula is C19H27FN4O3. The molecule has 1 aromatic carbocycles. The van der Waals surface area contributed by atoms with Crippen LogP contribution in [0, 0.1) is 11.7 Å². The zero-order chi connectivity index (χ0) is 19.8. The molecule has 0 radical (unpaired) electrons. The van der Waals surface area contributed by atoms with Crippen LogP contribution >= 0.6 is 0 Å². The minimum absolute atomic E-state index is 0.0802. The molecule has 27 heavy (non-hydrogen) atoms. The van der Waals surface area contributed by atoms with Crippen LogP contribution in [0.1, 0.15) is 33.6 Å². The van der Waals surface area contributed by atoms with E-state index in [1.807, 2.05) is 20.8 Å². The highest BCUT2D eigenvalue weighted by Crippen LogP contribution is 2.13. The van der Waals surface area contributed by atoms with Crippen molar-refractivity contribution in [2.24, 2.45) is 11.1 Å². The minimum Gasteiger partial charge on any atom is -0.386 e. The number of urea groups is 1. The van der Waals surface area contributed by atoms with Crippen LogP contribution in [0.25, 0.3) is 0 Å². The van der Waals surface area contributed by atoms with E-state index in [-0.39, 0.29) is 30.4 Å². The summed E-state index contributed by atoms with van der Waals surface area (Å²) in [6.45, 7) is 6.91. The molecule has 2 N–H and O–H groups in total. The van der Waals surface area contributed by atoms with E-state index < -0.39 is 0 Å². The number of rotatable bonds is 6. The number of benzene rings is 1. The molecule has 0 bridgehead atoms. The molecular weight excluding hydrogens is 351 g/mol. The standard InChI is InChI=1S/C19H27FN4O3/c1-13(2)14(3)21-18(25)12-27-23-17-8-10-24(11-9-17)19(26)22-16-6-4-15(20)5-7-16/h4-7,13-14H,8-12H2,1-3H3,(H,21,25)(H,22,26)/t14-/m0/s1. The van der Waals surface area contributed by atoms with Crippen molar-refractivity contribution in [2.75, 3.05) is 25.0 Å². The van der Waals surface area contributed by atoms with Gasteiger partial charge in [-0.15, -0.1) is 0 Å². The Balaban J connectivity index is 1.71. The molecule has 0 spiro atoms. The van der Waals surface area contributed by atoms with E-state index in [4.69, 9.17) is 4.84 Å². The summed E-state index contributed by atoms with van der Waals surface area (Å²) >= 11 is 0. The zero-order valence-corrected chi connectivity index (χ0v) is 16.0. The van der Waals surface area contributed by atoms with Crippen molar-refractivity contribution in [3.63, 3.8) is 0 Å². The van der Waals surface area contributed by atoms with Crippen LogP contribution in [0.3, 0.4) is 0 Å². The molecule has 3 amide bonds. The fraction of sp³-hybridized carbons (Fsp3) is 0.526. The summed E-state index contributed by atoms with van der Waals surface area (Å²) in [7, 11) is 0. The number of likely N-dealkylation sites (tertiary alicyclic amines) is 1.